The molecule has 1 amide bonds. The summed E-state index contributed by atoms with van der Waals surface area (Å²) >= 11 is 0. The molecule has 0 saturated carbocycles. The van der Waals surface area contributed by atoms with Gasteiger partial charge in [-0.15, -0.1) is 0 Å². The summed E-state index contributed by atoms with van der Waals surface area (Å²) in [7, 11) is 1.36. The Hall–Kier alpha value is -3.49. The Bertz CT molecular complexity index is 1010. The number of rotatable bonds is 8. The Morgan fingerprint density at radius 1 is 1.12 bits per heavy atom. The highest BCUT2D eigenvalue weighted by Gasteiger charge is 2.27. The van der Waals surface area contributed by atoms with Gasteiger partial charge in [0.05, 0.1) is 7.11 Å². The van der Waals surface area contributed by atoms with E-state index in [1.165, 1.54) is 45.4 Å². The second-order valence-corrected chi connectivity index (χ2v) is 7.41. The molecular weight excluding hydrogens is 419 g/mol. The molecule has 0 aliphatic heterocycles. The Balaban J connectivity index is 2.09. The highest BCUT2D eigenvalue weighted by atomic mass is 19.1. The zero-order valence-corrected chi connectivity index (χ0v) is 18.9. The molecule has 8 nitrogen and oxygen atoms in total. The van der Waals surface area contributed by atoms with Crippen LogP contribution in [-0.4, -0.2) is 42.1 Å². The summed E-state index contributed by atoms with van der Waals surface area (Å²) in [5, 5.41) is 2.49. The third-order valence-corrected chi connectivity index (χ3v) is 4.98. The molecule has 0 spiro atoms. The van der Waals surface area contributed by atoms with Crippen LogP contribution in [0, 0.1) is 12.7 Å². The van der Waals surface area contributed by atoms with Crippen molar-refractivity contribution in [3.8, 4) is 11.5 Å². The van der Waals surface area contributed by atoms with Gasteiger partial charge in [-0.1, -0.05) is 13.0 Å². The van der Waals surface area contributed by atoms with E-state index in [1.807, 2.05) is 6.92 Å². The molecule has 0 aliphatic carbocycles. The number of pyridine rings is 1. The van der Waals surface area contributed by atoms with Gasteiger partial charge >= 0.3 is 11.9 Å². The zero-order valence-electron chi connectivity index (χ0n) is 18.9. The zero-order chi connectivity index (χ0) is 24.0. The van der Waals surface area contributed by atoms with Gasteiger partial charge in [0.1, 0.15) is 18.0 Å². The first-order valence-corrected chi connectivity index (χ1v) is 10.0. The number of carbonyl (C=O) groups is 3. The van der Waals surface area contributed by atoms with Gasteiger partial charge in [-0.25, -0.2) is 14.2 Å². The van der Waals surface area contributed by atoms with Gasteiger partial charge in [0.2, 0.25) is 5.75 Å². The Labute approximate surface area is 186 Å². The molecule has 32 heavy (non-hydrogen) atoms. The third-order valence-electron chi connectivity index (χ3n) is 4.98. The van der Waals surface area contributed by atoms with Crippen LogP contribution in [-0.2, 0) is 14.3 Å². The molecule has 1 N–H and O–H groups in total. The van der Waals surface area contributed by atoms with Gasteiger partial charge in [0.25, 0.3) is 5.91 Å². The average molecular weight is 446 g/mol. The summed E-state index contributed by atoms with van der Waals surface area (Å²) in [6, 6.07) is 4.87. The molecule has 0 aliphatic rings. The van der Waals surface area contributed by atoms with Gasteiger partial charge in [-0.3, -0.25) is 9.59 Å². The van der Waals surface area contributed by atoms with Crippen LogP contribution in [0.5, 0.6) is 11.5 Å². The number of hydrogen-bond acceptors (Lipinski definition) is 7. The van der Waals surface area contributed by atoms with Gasteiger partial charge in [0, 0.05) is 25.1 Å². The van der Waals surface area contributed by atoms with E-state index < -0.39 is 30.0 Å². The monoisotopic (exact) mass is 446 g/mol. The van der Waals surface area contributed by atoms with Crippen LogP contribution in [0.15, 0.2) is 30.5 Å². The van der Waals surface area contributed by atoms with Crippen molar-refractivity contribution in [2.75, 3.05) is 7.11 Å². The van der Waals surface area contributed by atoms with E-state index in [9.17, 15) is 18.8 Å². The molecule has 2 rings (SSSR count). The lowest BCUT2D eigenvalue weighted by atomic mass is 9.92. The largest absolute Gasteiger partial charge is 0.493 e. The molecule has 1 aromatic heterocycles. The number of nitrogens with zero attached hydrogens (tertiary/aromatic N) is 1. The van der Waals surface area contributed by atoms with E-state index in [4.69, 9.17) is 14.2 Å². The number of halogens is 1. The third kappa shape index (κ3) is 6.03. The summed E-state index contributed by atoms with van der Waals surface area (Å²) in [5.41, 5.74) is 1.40. The maximum Gasteiger partial charge on any atom is 0.328 e. The molecule has 0 saturated heterocycles. The standard InChI is InChI=1S/C23H27FN2O6/c1-12-11-17(24)7-8-18(12)13(2)15(4)31-23(29)14(3)26-22(28)20-21(32-16(5)27)19(30-6)9-10-25-20/h7-11,13-15H,1-6H3,(H,26,28)/t13-,14-,15-/m0/s1. The van der Waals surface area contributed by atoms with Gasteiger partial charge in [0.15, 0.2) is 11.4 Å². The van der Waals surface area contributed by atoms with Crippen LogP contribution >= 0.6 is 0 Å². The predicted molar refractivity (Wildman–Crippen MR) is 114 cm³/mol. The Kier molecular flexibility index (Phi) is 8.28. The van der Waals surface area contributed by atoms with Crippen molar-refractivity contribution in [1.82, 2.24) is 10.3 Å². The van der Waals surface area contributed by atoms with Crippen molar-refractivity contribution >= 4 is 17.8 Å². The maximum atomic E-state index is 13.4. The number of methoxy groups -OCH3 is 1. The molecule has 172 valence electrons. The number of esters is 2. The average Bonchev–Trinajstić information content (AvgIpc) is 2.72. The fraction of sp³-hybridized carbons (Fsp3) is 0.391. The van der Waals surface area contributed by atoms with Crippen LogP contribution in [0.4, 0.5) is 4.39 Å². The number of ether oxygens (including phenoxy) is 3. The Morgan fingerprint density at radius 2 is 1.81 bits per heavy atom. The molecule has 1 heterocycles. The second kappa shape index (κ2) is 10.7. The molecule has 9 heteroatoms. The van der Waals surface area contributed by atoms with Crippen LogP contribution in [0.1, 0.15) is 55.2 Å². The van der Waals surface area contributed by atoms with Crippen LogP contribution < -0.4 is 14.8 Å². The molecule has 0 radical (unpaired) electrons. The number of aromatic nitrogens is 1. The van der Waals surface area contributed by atoms with Gasteiger partial charge < -0.3 is 19.5 Å². The van der Waals surface area contributed by atoms with E-state index in [-0.39, 0.29) is 28.9 Å². The normalized spacial score (nSPS) is 13.5. The highest BCUT2D eigenvalue weighted by Crippen LogP contribution is 2.30. The first-order chi connectivity index (χ1) is 15.0. The first kappa shape index (κ1) is 24.8. The summed E-state index contributed by atoms with van der Waals surface area (Å²) in [4.78, 5) is 40.6. The lowest BCUT2D eigenvalue weighted by Crippen LogP contribution is -2.41. The van der Waals surface area contributed by atoms with E-state index in [0.29, 0.717) is 0 Å². The minimum atomic E-state index is -1.01. The van der Waals surface area contributed by atoms with Crippen LogP contribution in [0.2, 0.25) is 0 Å². The van der Waals surface area contributed by atoms with Crippen molar-refractivity contribution in [2.24, 2.45) is 0 Å². The van der Waals surface area contributed by atoms with E-state index >= 15 is 0 Å². The van der Waals surface area contributed by atoms with Crippen molar-refractivity contribution in [3.05, 3.63) is 53.1 Å². The Morgan fingerprint density at radius 3 is 2.41 bits per heavy atom. The number of carbonyl (C=O) groups excluding carboxylic acids is 3. The lowest BCUT2D eigenvalue weighted by Gasteiger charge is -2.24. The quantitative estimate of drug-likeness (QED) is 0.621. The minimum absolute atomic E-state index is 0.144. The lowest BCUT2D eigenvalue weighted by molar-refractivity contribution is -0.151. The predicted octanol–water partition coefficient (Wildman–Crippen LogP) is 3.32. The van der Waals surface area contributed by atoms with E-state index in [1.54, 1.807) is 19.9 Å². The van der Waals surface area contributed by atoms with Crippen molar-refractivity contribution < 1.29 is 33.0 Å². The maximum absolute atomic E-state index is 13.4. The van der Waals surface area contributed by atoms with Gasteiger partial charge in [-0.05, 0) is 44.0 Å². The molecular formula is C23H27FN2O6. The summed E-state index contributed by atoms with van der Waals surface area (Å²) in [6.07, 6.45) is 0.788. The van der Waals surface area contributed by atoms with Crippen molar-refractivity contribution in [1.29, 1.82) is 0 Å². The van der Waals surface area contributed by atoms with Crippen molar-refractivity contribution in [3.63, 3.8) is 0 Å². The topological polar surface area (TPSA) is 104 Å². The number of amides is 1. The second-order valence-electron chi connectivity index (χ2n) is 7.41. The fourth-order valence-electron chi connectivity index (χ4n) is 3.11. The van der Waals surface area contributed by atoms with Gasteiger partial charge in [-0.2, -0.15) is 0 Å². The molecule has 3 atom stereocenters. The minimum Gasteiger partial charge on any atom is -0.493 e. The molecule has 0 bridgehead atoms. The number of hydrogen-bond donors (Lipinski definition) is 1. The van der Waals surface area contributed by atoms with Crippen molar-refractivity contribution in [2.45, 2.75) is 52.7 Å². The number of nitrogens with one attached hydrogen (secondary N) is 1. The molecule has 1 aromatic carbocycles. The molecule has 0 fully saturated rings. The molecule has 2 aromatic rings. The smallest absolute Gasteiger partial charge is 0.328 e. The van der Waals surface area contributed by atoms with Crippen LogP contribution in [0.25, 0.3) is 0 Å². The first-order valence-electron chi connectivity index (χ1n) is 10.0. The molecule has 0 unspecified atom stereocenters. The summed E-state index contributed by atoms with van der Waals surface area (Å²) < 4.78 is 29.1. The SMILES string of the molecule is COc1ccnc(C(=O)N[C@@H](C)C(=O)O[C@@H](C)[C@H](C)c2ccc(F)cc2C)c1OC(C)=O. The summed E-state index contributed by atoms with van der Waals surface area (Å²) in [5.74, 6) is -2.58. The van der Waals surface area contributed by atoms with E-state index in [2.05, 4.69) is 10.3 Å². The number of aryl methyl sites for hydroxylation is 1. The van der Waals surface area contributed by atoms with E-state index in [0.717, 1.165) is 11.1 Å². The fourth-order valence-corrected chi connectivity index (χ4v) is 3.11. The number of benzene rings is 1. The summed E-state index contributed by atoms with van der Waals surface area (Å²) in [6.45, 7) is 8.02. The van der Waals surface area contributed by atoms with Crippen LogP contribution in [0.3, 0.4) is 0 Å². The highest BCUT2D eigenvalue weighted by molar-refractivity contribution is 5.98.